The molecule has 0 spiro atoms. The number of carbonyl (C=O) groups is 1. The third-order valence-corrected chi connectivity index (χ3v) is 6.57. The molecule has 1 fully saturated rings. The molecule has 13 heteroatoms. The first-order valence-corrected chi connectivity index (χ1v) is 11.7. The van der Waals surface area contributed by atoms with Crippen LogP contribution in [0.25, 0.3) is 16.0 Å². The predicted molar refractivity (Wildman–Crippen MR) is 120 cm³/mol. The van der Waals surface area contributed by atoms with E-state index in [-0.39, 0.29) is 17.1 Å². The summed E-state index contributed by atoms with van der Waals surface area (Å²) in [6.07, 6.45) is 0.427. The fourth-order valence-corrected chi connectivity index (χ4v) is 4.47. The number of aryl methyl sites for hydroxylation is 1. The van der Waals surface area contributed by atoms with Gasteiger partial charge >= 0.3 is 6.18 Å². The molecule has 1 aliphatic carbocycles. The van der Waals surface area contributed by atoms with Crippen LogP contribution in [0, 0.1) is 11.3 Å². The number of nitrogens with zero attached hydrogens (tertiary/aromatic N) is 7. The second-order valence-electron chi connectivity index (χ2n) is 8.24. The lowest BCUT2D eigenvalue weighted by Crippen LogP contribution is -2.29. The number of nitrogens with one attached hydrogen (secondary N) is 1. The Bertz CT molecular complexity index is 1470. The van der Waals surface area contributed by atoms with Crippen LogP contribution in [0.1, 0.15) is 71.2 Å². The Morgan fingerprint density at radius 3 is 2.74 bits per heavy atom. The molecule has 3 heterocycles. The Balaban J connectivity index is 1.51. The zero-order chi connectivity index (χ0) is 24.9. The van der Waals surface area contributed by atoms with Crippen molar-refractivity contribution in [1.29, 1.82) is 5.26 Å². The number of fused-ring (bicyclic) bond motifs is 1. The zero-order valence-electron chi connectivity index (χ0n) is 18.7. The summed E-state index contributed by atoms with van der Waals surface area (Å²) in [4.78, 5) is 22.3. The van der Waals surface area contributed by atoms with Gasteiger partial charge in [-0.05, 0) is 31.9 Å². The number of aromatic nitrogens is 6. The number of thiazole rings is 1. The van der Waals surface area contributed by atoms with Gasteiger partial charge in [0.25, 0.3) is 5.91 Å². The van der Waals surface area contributed by atoms with E-state index in [4.69, 9.17) is 5.26 Å². The van der Waals surface area contributed by atoms with Crippen LogP contribution in [-0.2, 0) is 12.6 Å². The number of carbonyl (C=O) groups excluding carboxylic acids is 1. The van der Waals surface area contributed by atoms with Gasteiger partial charge in [0.05, 0.1) is 41.1 Å². The van der Waals surface area contributed by atoms with E-state index < -0.39 is 23.7 Å². The van der Waals surface area contributed by atoms with Crippen LogP contribution in [0.4, 0.5) is 13.2 Å². The SMILES string of the molecule is CCc1nc([C@H](C)NC(=O)c2cc(C(F)(F)F)cc3c2cnn3C2CC2)n(-c2ncc(C#N)s2)n1. The lowest BCUT2D eigenvalue weighted by molar-refractivity contribution is -0.137. The van der Waals surface area contributed by atoms with Gasteiger partial charge in [0.15, 0.2) is 11.6 Å². The van der Waals surface area contributed by atoms with Crippen molar-refractivity contribution in [3.05, 3.63) is 52.2 Å². The Kier molecular flexibility index (Phi) is 5.55. The fourth-order valence-electron chi connectivity index (χ4n) is 3.80. The smallest absolute Gasteiger partial charge is 0.342 e. The molecule has 180 valence electrons. The highest BCUT2D eigenvalue weighted by Gasteiger charge is 2.35. The number of nitriles is 1. The summed E-state index contributed by atoms with van der Waals surface area (Å²) in [5, 5.41) is 21.3. The molecule has 1 N–H and O–H groups in total. The highest BCUT2D eigenvalue weighted by molar-refractivity contribution is 7.14. The number of alkyl halides is 3. The third-order valence-electron chi connectivity index (χ3n) is 5.69. The van der Waals surface area contributed by atoms with Crippen molar-refractivity contribution >= 4 is 28.1 Å². The van der Waals surface area contributed by atoms with Crippen LogP contribution in [0.3, 0.4) is 0 Å². The van der Waals surface area contributed by atoms with Gasteiger partial charge < -0.3 is 5.32 Å². The second-order valence-corrected chi connectivity index (χ2v) is 9.25. The van der Waals surface area contributed by atoms with Crippen LogP contribution in [0.15, 0.2) is 24.5 Å². The van der Waals surface area contributed by atoms with Gasteiger partial charge in [-0.2, -0.15) is 28.2 Å². The van der Waals surface area contributed by atoms with Crippen molar-refractivity contribution in [2.24, 2.45) is 0 Å². The first-order chi connectivity index (χ1) is 16.7. The van der Waals surface area contributed by atoms with E-state index >= 15 is 0 Å². The Morgan fingerprint density at radius 1 is 1.34 bits per heavy atom. The lowest BCUT2D eigenvalue weighted by Gasteiger charge is -2.15. The molecule has 5 rings (SSSR count). The van der Waals surface area contributed by atoms with E-state index in [0.717, 1.165) is 36.3 Å². The van der Waals surface area contributed by atoms with Crippen LogP contribution < -0.4 is 5.32 Å². The summed E-state index contributed by atoms with van der Waals surface area (Å²) >= 11 is 1.11. The molecular formula is C22H19F3N8OS. The van der Waals surface area contributed by atoms with Crippen molar-refractivity contribution in [1.82, 2.24) is 34.8 Å². The normalized spacial score (nSPS) is 14.7. The first kappa shape index (κ1) is 23.0. The Morgan fingerprint density at radius 2 is 2.11 bits per heavy atom. The summed E-state index contributed by atoms with van der Waals surface area (Å²) in [6.45, 7) is 3.53. The Hall–Kier alpha value is -3.79. The number of hydrogen-bond acceptors (Lipinski definition) is 7. The van der Waals surface area contributed by atoms with Gasteiger partial charge in [-0.3, -0.25) is 9.48 Å². The monoisotopic (exact) mass is 500 g/mol. The zero-order valence-corrected chi connectivity index (χ0v) is 19.5. The van der Waals surface area contributed by atoms with Gasteiger partial charge in [-0.15, -0.1) is 5.10 Å². The minimum atomic E-state index is -4.62. The minimum absolute atomic E-state index is 0.0495. The number of benzene rings is 1. The molecular weight excluding hydrogens is 481 g/mol. The van der Waals surface area contributed by atoms with Gasteiger partial charge in [0.2, 0.25) is 5.13 Å². The molecule has 0 bridgehead atoms. The largest absolute Gasteiger partial charge is 0.416 e. The molecule has 35 heavy (non-hydrogen) atoms. The molecule has 1 saturated carbocycles. The second kappa shape index (κ2) is 8.46. The van der Waals surface area contributed by atoms with Crippen molar-refractivity contribution in [2.45, 2.75) is 51.4 Å². The van der Waals surface area contributed by atoms with E-state index in [1.807, 2.05) is 13.0 Å². The van der Waals surface area contributed by atoms with Crippen molar-refractivity contribution in [3.63, 3.8) is 0 Å². The highest BCUT2D eigenvalue weighted by Crippen LogP contribution is 2.39. The number of amides is 1. The number of halogens is 3. The van der Waals surface area contributed by atoms with Crippen LogP contribution in [-0.4, -0.2) is 35.4 Å². The first-order valence-electron chi connectivity index (χ1n) is 10.9. The summed E-state index contributed by atoms with van der Waals surface area (Å²) in [7, 11) is 0. The van der Waals surface area contributed by atoms with E-state index in [0.29, 0.717) is 33.5 Å². The van der Waals surface area contributed by atoms with Crippen molar-refractivity contribution in [2.75, 3.05) is 0 Å². The Labute approximate surface area is 201 Å². The third kappa shape index (κ3) is 4.25. The molecule has 0 unspecified atom stereocenters. The fraction of sp³-hybridized carbons (Fsp3) is 0.364. The molecule has 1 amide bonds. The molecule has 4 aromatic rings. The van der Waals surface area contributed by atoms with E-state index in [2.05, 4.69) is 25.5 Å². The molecule has 0 radical (unpaired) electrons. The molecule has 1 aromatic carbocycles. The van der Waals surface area contributed by atoms with Gasteiger partial charge in [-0.1, -0.05) is 18.3 Å². The van der Waals surface area contributed by atoms with E-state index in [9.17, 15) is 18.0 Å². The molecule has 9 nitrogen and oxygen atoms in total. The van der Waals surface area contributed by atoms with Crippen molar-refractivity contribution < 1.29 is 18.0 Å². The lowest BCUT2D eigenvalue weighted by atomic mass is 10.0. The van der Waals surface area contributed by atoms with E-state index in [1.165, 1.54) is 17.1 Å². The summed E-state index contributed by atoms with van der Waals surface area (Å²) in [6, 6.07) is 3.24. The van der Waals surface area contributed by atoms with Gasteiger partial charge in [0, 0.05) is 11.8 Å². The summed E-state index contributed by atoms with van der Waals surface area (Å²) in [5.74, 6) is 0.168. The minimum Gasteiger partial charge on any atom is -0.342 e. The quantitative estimate of drug-likeness (QED) is 0.421. The maximum Gasteiger partial charge on any atom is 0.416 e. The molecule has 1 aliphatic rings. The molecule has 1 atom stereocenters. The number of rotatable bonds is 6. The van der Waals surface area contributed by atoms with E-state index in [1.54, 1.807) is 11.6 Å². The topological polar surface area (TPSA) is 114 Å². The standard InChI is InChI=1S/C22H19F3N8OS/c1-3-18-30-19(33(31-18)21-27-9-14(8-26)35-21)11(2)29-20(34)15-6-12(22(23,24)25)7-17-16(15)10-28-32(17)13-4-5-13/h6-7,9-11,13H,3-5H2,1-2H3,(H,29,34)/t11-/m0/s1. The maximum atomic E-state index is 13.6. The van der Waals surface area contributed by atoms with Crippen LogP contribution >= 0.6 is 11.3 Å². The average Bonchev–Trinajstić information content (AvgIpc) is 3.24. The predicted octanol–water partition coefficient (Wildman–Crippen LogP) is 4.35. The average molecular weight is 501 g/mol. The number of hydrogen-bond donors (Lipinski definition) is 1. The van der Waals surface area contributed by atoms with Crippen LogP contribution in [0.2, 0.25) is 0 Å². The molecule has 0 aliphatic heterocycles. The summed E-state index contributed by atoms with van der Waals surface area (Å²) < 4.78 is 43.9. The summed E-state index contributed by atoms with van der Waals surface area (Å²) in [5.41, 5.74) is -0.742. The molecule has 3 aromatic heterocycles. The van der Waals surface area contributed by atoms with Crippen LogP contribution in [0.5, 0.6) is 0 Å². The molecule has 0 saturated heterocycles. The highest BCUT2D eigenvalue weighted by atomic mass is 32.1. The maximum absolute atomic E-state index is 13.6. The van der Waals surface area contributed by atoms with Gasteiger partial charge in [-0.25, -0.2) is 9.97 Å². The van der Waals surface area contributed by atoms with Crippen molar-refractivity contribution in [3.8, 4) is 11.2 Å². The van der Waals surface area contributed by atoms with Gasteiger partial charge in [0.1, 0.15) is 10.9 Å².